The van der Waals surface area contributed by atoms with E-state index in [1.54, 1.807) is 0 Å². The zero-order valence-electron chi connectivity index (χ0n) is 9.00. The molecule has 0 saturated carbocycles. The quantitative estimate of drug-likeness (QED) is 0.715. The summed E-state index contributed by atoms with van der Waals surface area (Å²) in [4.78, 5) is 11.8. The van der Waals surface area contributed by atoms with Crippen molar-refractivity contribution in [2.75, 3.05) is 13.2 Å². The van der Waals surface area contributed by atoms with Crippen LogP contribution < -0.4 is 0 Å². The number of phenols is 1. The van der Waals surface area contributed by atoms with Gasteiger partial charge in [-0.25, -0.2) is 4.79 Å². The van der Waals surface area contributed by atoms with Gasteiger partial charge in [0.25, 0.3) is 0 Å². The summed E-state index contributed by atoms with van der Waals surface area (Å²) < 4.78 is 0. The summed E-state index contributed by atoms with van der Waals surface area (Å²) >= 11 is 0. The molecule has 6 heteroatoms. The average molecular weight is 236 g/mol. The number of aliphatic hydroxyl groups is 1. The van der Waals surface area contributed by atoms with E-state index in [0.717, 1.165) is 4.90 Å². The molecule has 0 aliphatic rings. The fourth-order valence-corrected chi connectivity index (χ4v) is 1.34. The van der Waals surface area contributed by atoms with Crippen LogP contribution in [0.4, 0.5) is 4.79 Å². The summed E-state index contributed by atoms with van der Waals surface area (Å²) in [6, 6.07) is 6.12. The van der Waals surface area contributed by atoms with Crippen molar-refractivity contribution >= 4 is 6.09 Å². The summed E-state index contributed by atoms with van der Waals surface area (Å²) in [5, 5.41) is 35.7. The number of nitrogens with zero attached hydrogens (tertiary/aromatic N) is 2. The fourth-order valence-electron chi connectivity index (χ4n) is 1.34. The first-order valence-corrected chi connectivity index (χ1v) is 4.89. The maximum atomic E-state index is 10.8. The van der Waals surface area contributed by atoms with Gasteiger partial charge in [-0.2, -0.15) is 5.26 Å². The number of phenolic OH excluding ortho intramolecular Hbond substituents is 1. The first-order valence-electron chi connectivity index (χ1n) is 4.89. The van der Waals surface area contributed by atoms with Gasteiger partial charge >= 0.3 is 6.09 Å². The molecule has 0 bridgehead atoms. The summed E-state index contributed by atoms with van der Waals surface area (Å²) in [5.74, 6) is -0.131. The van der Waals surface area contributed by atoms with Crippen LogP contribution in [0, 0.1) is 11.3 Å². The average Bonchev–Trinajstić information content (AvgIpc) is 2.30. The number of nitriles is 1. The van der Waals surface area contributed by atoms with Crippen LogP contribution >= 0.6 is 0 Å². The largest absolute Gasteiger partial charge is 0.508 e. The van der Waals surface area contributed by atoms with Gasteiger partial charge in [-0.05, 0) is 12.1 Å². The minimum absolute atomic E-state index is 0.0330. The van der Waals surface area contributed by atoms with E-state index < -0.39 is 6.09 Å². The lowest BCUT2D eigenvalue weighted by molar-refractivity contribution is 0.128. The van der Waals surface area contributed by atoms with Crippen molar-refractivity contribution in [2.45, 2.75) is 6.54 Å². The van der Waals surface area contributed by atoms with E-state index >= 15 is 0 Å². The topological polar surface area (TPSA) is 105 Å². The third kappa shape index (κ3) is 3.36. The molecule has 1 aromatic carbocycles. The number of carbonyl (C=O) groups is 1. The Morgan fingerprint density at radius 2 is 2.18 bits per heavy atom. The van der Waals surface area contributed by atoms with Crippen LogP contribution in [0.25, 0.3) is 0 Å². The summed E-state index contributed by atoms with van der Waals surface area (Å²) in [6.45, 7) is -0.356. The Labute approximate surface area is 98.0 Å². The van der Waals surface area contributed by atoms with Crippen molar-refractivity contribution in [3.8, 4) is 11.8 Å². The second kappa shape index (κ2) is 5.72. The fraction of sp³-hybridized carbons (Fsp3) is 0.273. The number of aromatic hydroxyl groups is 1. The van der Waals surface area contributed by atoms with E-state index in [-0.39, 0.29) is 25.4 Å². The molecular formula is C11H12N2O4. The Morgan fingerprint density at radius 1 is 1.47 bits per heavy atom. The van der Waals surface area contributed by atoms with Crippen LogP contribution in [0.15, 0.2) is 18.2 Å². The number of rotatable bonds is 4. The predicted octanol–water partition coefficient (Wildman–Crippen LogP) is 0.736. The number of aliphatic hydroxyl groups excluding tert-OH is 1. The van der Waals surface area contributed by atoms with E-state index in [1.165, 1.54) is 18.2 Å². The maximum absolute atomic E-state index is 10.8. The summed E-state index contributed by atoms with van der Waals surface area (Å²) in [6.07, 6.45) is -1.18. The van der Waals surface area contributed by atoms with Crippen LogP contribution in [0.1, 0.15) is 11.1 Å². The molecular weight excluding hydrogens is 224 g/mol. The maximum Gasteiger partial charge on any atom is 0.407 e. The standard InChI is InChI=1S/C11H12N2O4/c12-6-8-1-2-9(10(15)5-8)7-13(3-4-14)11(16)17/h1-2,5,14-15H,3-4,7H2,(H,16,17). The molecule has 1 aromatic rings. The van der Waals surface area contributed by atoms with Crippen LogP contribution in [-0.2, 0) is 6.54 Å². The monoisotopic (exact) mass is 236 g/mol. The van der Waals surface area contributed by atoms with E-state index in [9.17, 15) is 9.90 Å². The van der Waals surface area contributed by atoms with Gasteiger partial charge in [0, 0.05) is 12.1 Å². The van der Waals surface area contributed by atoms with E-state index in [1.807, 2.05) is 6.07 Å². The van der Waals surface area contributed by atoms with Gasteiger partial charge in [0.1, 0.15) is 5.75 Å². The van der Waals surface area contributed by atoms with Gasteiger partial charge in [0.15, 0.2) is 0 Å². The predicted molar refractivity (Wildman–Crippen MR) is 58.3 cm³/mol. The highest BCUT2D eigenvalue weighted by molar-refractivity contribution is 5.65. The number of amides is 1. The highest BCUT2D eigenvalue weighted by Gasteiger charge is 2.13. The van der Waals surface area contributed by atoms with E-state index in [2.05, 4.69) is 0 Å². The Morgan fingerprint density at radius 3 is 2.65 bits per heavy atom. The molecule has 0 saturated heterocycles. The van der Waals surface area contributed by atoms with Crippen LogP contribution in [0.5, 0.6) is 5.75 Å². The van der Waals surface area contributed by atoms with Crippen molar-refractivity contribution in [3.05, 3.63) is 29.3 Å². The second-order valence-electron chi connectivity index (χ2n) is 3.38. The third-order valence-electron chi connectivity index (χ3n) is 2.22. The SMILES string of the molecule is N#Cc1ccc(CN(CCO)C(=O)O)c(O)c1. The van der Waals surface area contributed by atoms with E-state index in [4.69, 9.17) is 15.5 Å². The molecule has 0 fully saturated rings. The summed E-state index contributed by atoms with van der Waals surface area (Å²) in [7, 11) is 0. The third-order valence-corrected chi connectivity index (χ3v) is 2.22. The molecule has 0 atom stereocenters. The first-order chi connectivity index (χ1) is 8.08. The molecule has 1 rings (SSSR count). The molecule has 0 radical (unpaired) electrons. The van der Waals surface area contributed by atoms with Crippen LogP contribution in [-0.4, -0.2) is 39.5 Å². The van der Waals surface area contributed by atoms with Crippen molar-refractivity contribution < 1.29 is 20.1 Å². The van der Waals surface area contributed by atoms with Crippen molar-refractivity contribution in [3.63, 3.8) is 0 Å². The zero-order valence-corrected chi connectivity index (χ0v) is 9.00. The van der Waals surface area contributed by atoms with Crippen molar-refractivity contribution in [1.29, 1.82) is 5.26 Å². The lowest BCUT2D eigenvalue weighted by atomic mass is 10.1. The van der Waals surface area contributed by atoms with E-state index in [0.29, 0.717) is 11.1 Å². The number of hydrogen-bond donors (Lipinski definition) is 3. The van der Waals surface area contributed by atoms with Crippen LogP contribution in [0.3, 0.4) is 0 Å². The molecule has 0 aromatic heterocycles. The Hall–Kier alpha value is -2.26. The van der Waals surface area contributed by atoms with Gasteiger partial charge in [-0.3, -0.25) is 0 Å². The highest BCUT2D eigenvalue weighted by Crippen LogP contribution is 2.20. The zero-order chi connectivity index (χ0) is 12.8. The van der Waals surface area contributed by atoms with Gasteiger partial charge in [-0.15, -0.1) is 0 Å². The minimum atomic E-state index is -1.18. The molecule has 0 unspecified atom stereocenters. The molecule has 17 heavy (non-hydrogen) atoms. The van der Waals surface area contributed by atoms with Crippen LogP contribution in [0.2, 0.25) is 0 Å². The van der Waals surface area contributed by atoms with Crippen molar-refractivity contribution in [1.82, 2.24) is 4.90 Å². The molecule has 0 heterocycles. The van der Waals surface area contributed by atoms with Crippen molar-refractivity contribution in [2.24, 2.45) is 0 Å². The van der Waals surface area contributed by atoms with Gasteiger partial charge in [0.05, 0.1) is 24.8 Å². The molecule has 1 amide bonds. The molecule has 3 N–H and O–H groups in total. The molecule has 6 nitrogen and oxygen atoms in total. The van der Waals surface area contributed by atoms with Gasteiger partial charge in [-0.1, -0.05) is 6.07 Å². The Kier molecular flexibility index (Phi) is 4.31. The lowest BCUT2D eigenvalue weighted by Crippen LogP contribution is -2.31. The normalized spacial score (nSPS) is 9.65. The molecule has 0 aliphatic carbocycles. The number of benzene rings is 1. The second-order valence-corrected chi connectivity index (χ2v) is 3.38. The highest BCUT2D eigenvalue weighted by atomic mass is 16.4. The smallest absolute Gasteiger partial charge is 0.407 e. The van der Waals surface area contributed by atoms with Gasteiger partial charge in [0.2, 0.25) is 0 Å². The Bertz CT molecular complexity index is 453. The number of hydrogen-bond acceptors (Lipinski definition) is 4. The number of carboxylic acid groups (broad SMARTS) is 1. The molecule has 0 aliphatic heterocycles. The summed E-state index contributed by atoms with van der Waals surface area (Å²) in [5.41, 5.74) is 0.690. The lowest BCUT2D eigenvalue weighted by Gasteiger charge is -2.18. The Balaban J connectivity index is 2.87. The minimum Gasteiger partial charge on any atom is -0.508 e. The first kappa shape index (κ1) is 12.8. The molecule has 0 spiro atoms. The van der Waals surface area contributed by atoms with Gasteiger partial charge < -0.3 is 20.2 Å². The molecule has 90 valence electrons.